The van der Waals surface area contributed by atoms with Crippen molar-refractivity contribution in [2.75, 3.05) is 0 Å². The van der Waals surface area contributed by atoms with E-state index in [-0.39, 0.29) is 40.1 Å². The summed E-state index contributed by atoms with van der Waals surface area (Å²) in [5.74, 6) is 0. The van der Waals surface area contributed by atoms with Crippen LogP contribution in [0.2, 0.25) is 0 Å². The van der Waals surface area contributed by atoms with E-state index in [1.165, 1.54) is 50.5 Å². The van der Waals surface area contributed by atoms with Crippen molar-refractivity contribution in [2.24, 2.45) is 0 Å². The third kappa shape index (κ3) is 8.69. The summed E-state index contributed by atoms with van der Waals surface area (Å²) in [6, 6.07) is 56.7. The number of benzene rings is 6. The minimum Gasteiger partial charge on any atom is -0.341 e. The Labute approximate surface area is 295 Å². The zero-order chi connectivity index (χ0) is 29.9. The van der Waals surface area contributed by atoms with E-state index in [9.17, 15) is 0 Å². The number of hydrogen-bond acceptors (Lipinski definition) is 0. The van der Waals surface area contributed by atoms with Crippen molar-refractivity contribution < 1.29 is 32.7 Å². The molecule has 1 aliphatic carbocycles. The summed E-state index contributed by atoms with van der Waals surface area (Å²) in [6.45, 7) is 7.47. The number of hydrogen-bond donors (Lipinski definition) is 0. The standard InChI is InChI=1S/C14H13N.C13H10.C12H8.C3H8.CH4.Y/c1-2-15-13-9-5-3-7-11(13)12-8-4-6-10-14(12)15;1-3-7-12-10(5-1)9-11-6-2-4-8-13(11)12;1-3-7-11(8-4-1)12-9-5-2-6-10-12;1-3-2;;/h3-10H,2H2,1H3;1-8H,9H2;1-7,9H;3H2,1-2H3;1H4;/q;;-2;;;. The second-order valence-electron chi connectivity index (χ2n) is 10.5. The average Bonchev–Trinajstić information content (AvgIpc) is 3.62. The van der Waals surface area contributed by atoms with Crippen LogP contribution in [0, 0.1) is 12.1 Å². The molecule has 1 aliphatic rings. The second-order valence-corrected chi connectivity index (χ2v) is 10.5. The summed E-state index contributed by atoms with van der Waals surface area (Å²) < 4.78 is 2.37. The van der Waals surface area contributed by atoms with Crippen LogP contribution in [-0.4, -0.2) is 4.57 Å². The summed E-state index contributed by atoms with van der Waals surface area (Å²) >= 11 is 0. The largest absolute Gasteiger partial charge is 0.341 e. The molecular formula is C43H43NY-2. The minimum absolute atomic E-state index is 0. The molecule has 0 fully saturated rings. The summed E-state index contributed by atoms with van der Waals surface area (Å²) in [5, 5.41) is 2.71. The molecule has 7 aromatic rings. The first-order valence-electron chi connectivity index (χ1n) is 15.3. The van der Waals surface area contributed by atoms with Crippen molar-refractivity contribution >= 4 is 21.8 Å². The van der Waals surface area contributed by atoms with E-state index in [0.717, 1.165) is 24.1 Å². The fourth-order valence-corrected chi connectivity index (χ4v) is 5.55. The molecular weight excluding hydrogens is 619 g/mol. The van der Waals surface area contributed by atoms with Gasteiger partial charge in [0.1, 0.15) is 0 Å². The number of aryl methyl sites for hydroxylation is 1. The molecule has 0 bridgehead atoms. The van der Waals surface area contributed by atoms with E-state index in [1.54, 1.807) is 0 Å². The van der Waals surface area contributed by atoms with Crippen molar-refractivity contribution in [3.05, 3.63) is 169 Å². The van der Waals surface area contributed by atoms with Gasteiger partial charge in [0.25, 0.3) is 0 Å². The van der Waals surface area contributed by atoms with Gasteiger partial charge in [-0.25, -0.2) is 11.1 Å². The summed E-state index contributed by atoms with van der Waals surface area (Å²) in [6.07, 6.45) is 2.35. The minimum atomic E-state index is 0. The topological polar surface area (TPSA) is 4.93 Å². The number of fused-ring (bicyclic) bond motifs is 6. The molecule has 0 spiro atoms. The van der Waals surface area contributed by atoms with Gasteiger partial charge >= 0.3 is 0 Å². The Morgan fingerprint density at radius 3 is 1.29 bits per heavy atom. The van der Waals surface area contributed by atoms with Gasteiger partial charge in [-0.3, -0.25) is 0 Å². The molecule has 0 amide bonds. The van der Waals surface area contributed by atoms with Gasteiger partial charge in [-0.1, -0.05) is 113 Å². The Morgan fingerprint density at radius 2 is 0.889 bits per heavy atom. The summed E-state index contributed by atoms with van der Waals surface area (Å²) in [4.78, 5) is 0. The SMILES string of the molecule is C.CCC.CCn1c2ccccc2c2ccccc21.[Y].[c-]1ccccc1-c1[c-]cccc1.c1ccc2c(c1)Cc1ccccc1-2. The van der Waals surface area contributed by atoms with Crippen molar-refractivity contribution in [1.29, 1.82) is 0 Å². The van der Waals surface area contributed by atoms with Crippen molar-refractivity contribution in [3.8, 4) is 22.3 Å². The van der Waals surface area contributed by atoms with E-state index >= 15 is 0 Å². The van der Waals surface area contributed by atoms with E-state index in [0.29, 0.717) is 0 Å². The predicted octanol–water partition coefficient (Wildman–Crippen LogP) is 12.1. The van der Waals surface area contributed by atoms with Crippen LogP contribution in [-0.2, 0) is 45.7 Å². The van der Waals surface area contributed by atoms with Crippen LogP contribution in [0.15, 0.2) is 146 Å². The third-order valence-corrected chi connectivity index (χ3v) is 7.41. The monoisotopic (exact) mass is 662 g/mol. The Hall–Kier alpha value is -3.78. The van der Waals surface area contributed by atoms with E-state index in [1.807, 2.05) is 48.5 Å². The van der Waals surface area contributed by atoms with Crippen molar-refractivity contribution in [2.45, 2.75) is 47.6 Å². The maximum Gasteiger partial charge on any atom is 0.0491 e. The van der Waals surface area contributed by atoms with Crippen molar-refractivity contribution in [3.63, 3.8) is 0 Å². The van der Waals surface area contributed by atoms with Crippen LogP contribution in [0.1, 0.15) is 45.7 Å². The first-order valence-corrected chi connectivity index (χ1v) is 15.3. The fraction of sp³-hybridized carbons (Fsp3) is 0.163. The molecule has 2 heteroatoms. The Bertz CT molecular complexity index is 1740. The predicted molar refractivity (Wildman–Crippen MR) is 192 cm³/mol. The molecule has 0 N–H and O–H groups in total. The molecule has 45 heavy (non-hydrogen) atoms. The van der Waals surface area contributed by atoms with Crippen LogP contribution in [0.4, 0.5) is 0 Å². The molecule has 1 heterocycles. The number of rotatable bonds is 2. The van der Waals surface area contributed by atoms with Gasteiger partial charge in [-0.05, 0) is 47.7 Å². The molecule has 225 valence electrons. The van der Waals surface area contributed by atoms with E-state index in [4.69, 9.17) is 0 Å². The van der Waals surface area contributed by atoms with Gasteiger partial charge in [0.2, 0.25) is 0 Å². The first-order chi connectivity index (χ1) is 21.2. The van der Waals surface area contributed by atoms with E-state index in [2.05, 4.69) is 135 Å². The summed E-state index contributed by atoms with van der Waals surface area (Å²) in [5.41, 5.74) is 10.6. The molecule has 0 saturated carbocycles. The number of aromatic nitrogens is 1. The molecule has 6 aromatic carbocycles. The molecule has 0 saturated heterocycles. The van der Waals surface area contributed by atoms with Crippen LogP contribution >= 0.6 is 0 Å². The van der Waals surface area contributed by atoms with Crippen LogP contribution in [0.3, 0.4) is 0 Å². The van der Waals surface area contributed by atoms with Gasteiger partial charge < -0.3 is 4.57 Å². The maximum absolute atomic E-state index is 3.15. The Balaban J connectivity index is 0.000000174. The van der Waals surface area contributed by atoms with Gasteiger partial charge in [-0.15, -0.1) is 12.1 Å². The zero-order valence-electron chi connectivity index (χ0n) is 26.0. The number of para-hydroxylation sites is 2. The Kier molecular flexibility index (Phi) is 14.5. The molecule has 0 unspecified atom stereocenters. The molecule has 1 nitrogen and oxygen atoms in total. The van der Waals surface area contributed by atoms with E-state index < -0.39 is 0 Å². The third-order valence-electron chi connectivity index (χ3n) is 7.41. The summed E-state index contributed by atoms with van der Waals surface area (Å²) in [7, 11) is 0. The average molecular weight is 663 g/mol. The smallest absolute Gasteiger partial charge is 0.0491 e. The first kappa shape index (κ1) is 35.7. The van der Waals surface area contributed by atoms with Gasteiger partial charge in [0, 0.05) is 61.1 Å². The maximum atomic E-state index is 3.15. The normalized spacial score (nSPS) is 10.3. The van der Waals surface area contributed by atoms with Crippen LogP contribution < -0.4 is 0 Å². The molecule has 1 radical (unpaired) electrons. The Morgan fingerprint density at radius 1 is 0.511 bits per heavy atom. The van der Waals surface area contributed by atoms with Crippen molar-refractivity contribution in [1.82, 2.24) is 4.57 Å². The fourth-order valence-electron chi connectivity index (χ4n) is 5.55. The quantitative estimate of drug-likeness (QED) is 0.162. The second kappa shape index (κ2) is 18.3. The molecule has 0 atom stereocenters. The number of nitrogens with zero attached hydrogens (tertiary/aromatic N) is 1. The molecule has 8 rings (SSSR count). The zero-order valence-corrected chi connectivity index (χ0v) is 28.8. The molecule has 1 aromatic heterocycles. The van der Waals surface area contributed by atoms with Crippen LogP contribution in [0.5, 0.6) is 0 Å². The van der Waals surface area contributed by atoms with Gasteiger partial charge in [-0.2, -0.15) is 48.5 Å². The molecule has 0 aliphatic heterocycles. The van der Waals surface area contributed by atoms with Gasteiger partial charge in [0.05, 0.1) is 0 Å². The van der Waals surface area contributed by atoms with Crippen LogP contribution in [0.25, 0.3) is 44.1 Å². The van der Waals surface area contributed by atoms with Gasteiger partial charge in [0.15, 0.2) is 0 Å².